The van der Waals surface area contributed by atoms with Crippen LogP contribution in [0.5, 0.6) is 0 Å². The Labute approximate surface area is 121 Å². The number of hydrogen-bond acceptors (Lipinski definition) is 5. The predicted octanol–water partition coefficient (Wildman–Crippen LogP) is 3.29. The van der Waals surface area contributed by atoms with E-state index in [2.05, 4.69) is 10.3 Å². The van der Waals surface area contributed by atoms with E-state index in [-0.39, 0.29) is 5.78 Å². The standard InChI is InChI=1S/C16H15N3O2/c1-10(20)8-11-6-7-14-15(9-11)21-16(19-14)18-13-5-3-2-4-12(13)17/h2-7,9H,8,17H2,1H3,(H,18,19). The fourth-order valence-electron chi connectivity index (χ4n) is 2.15. The summed E-state index contributed by atoms with van der Waals surface area (Å²) in [5.41, 5.74) is 9.53. The van der Waals surface area contributed by atoms with Crippen molar-refractivity contribution in [1.82, 2.24) is 4.98 Å². The summed E-state index contributed by atoms with van der Waals surface area (Å²) in [6.07, 6.45) is 0.394. The van der Waals surface area contributed by atoms with Gasteiger partial charge in [0, 0.05) is 6.42 Å². The molecule has 5 nitrogen and oxygen atoms in total. The van der Waals surface area contributed by atoms with Crippen LogP contribution >= 0.6 is 0 Å². The van der Waals surface area contributed by atoms with Crippen molar-refractivity contribution >= 4 is 34.3 Å². The van der Waals surface area contributed by atoms with Crippen molar-refractivity contribution < 1.29 is 9.21 Å². The zero-order valence-corrected chi connectivity index (χ0v) is 11.6. The zero-order valence-electron chi connectivity index (χ0n) is 11.6. The third kappa shape index (κ3) is 2.86. The van der Waals surface area contributed by atoms with Gasteiger partial charge in [-0.15, -0.1) is 0 Å². The number of para-hydroxylation sites is 2. The monoisotopic (exact) mass is 281 g/mol. The lowest BCUT2D eigenvalue weighted by atomic mass is 10.1. The number of Topliss-reactive ketones (excluding diaryl/α,β-unsaturated/α-hetero) is 1. The lowest BCUT2D eigenvalue weighted by molar-refractivity contribution is -0.116. The maximum atomic E-state index is 11.2. The van der Waals surface area contributed by atoms with Gasteiger partial charge in [-0.25, -0.2) is 0 Å². The highest BCUT2D eigenvalue weighted by Gasteiger charge is 2.08. The Morgan fingerprint density at radius 3 is 2.86 bits per heavy atom. The summed E-state index contributed by atoms with van der Waals surface area (Å²) < 4.78 is 5.66. The van der Waals surface area contributed by atoms with Crippen molar-refractivity contribution in [2.45, 2.75) is 13.3 Å². The van der Waals surface area contributed by atoms with Crippen LogP contribution in [0.2, 0.25) is 0 Å². The number of fused-ring (bicyclic) bond motifs is 1. The molecule has 0 atom stereocenters. The number of carbonyl (C=O) groups is 1. The minimum absolute atomic E-state index is 0.115. The van der Waals surface area contributed by atoms with Gasteiger partial charge < -0.3 is 15.5 Å². The molecule has 21 heavy (non-hydrogen) atoms. The largest absolute Gasteiger partial charge is 0.423 e. The van der Waals surface area contributed by atoms with E-state index < -0.39 is 0 Å². The number of nitrogens with two attached hydrogens (primary N) is 1. The summed E-state index contributed by atoms with van der Waals surface area (Å²) in [4.78, 5) is 15.5. The molecule has 3 rings (SSSR count). The number of carbonyl (C=O) groups excluding carboxylic acids is 1. The Kier molecular flexibility index (Phi) is 3.31. The van der Waals surface area contributed by atoms with Crippen molar-refractivity contribution in [1.29, 1.82) is 0 Å². The Morgan fingerprint density at radius 1 is 1.29 bits per heavy atom. The van der Waals surface area contributed by atoms with E-state index in [1.54, 1.807) is 13.0 Å². The van der Waals surface area contributed by atoms with Crippen molar-refractivity contribution in [3.63, 3.8) is 0 Å². The second-order valence-corrected chi connectivity index (χ2v) is 4.91. The highest BCUT2D eigenvalue weighted by atomic mass is 16.4. The lowest BCUT2D eigenvalue weighted by Gasteiger charge is -2.03. The average molecular weight is 281 g/mol. The van der Waals surface area contributed by atoms with Gasteiger partial charge in [0.25, 0.3) is 6.01 Å². The Balaban J connectivity index is 1.90. The van der Waals surface area contributed by atoms with Gasteiger partial charge in [0.2, 0.25) is 0 Å². The summed E-state index contributed by atoms with van der Waals surface area (Å²) in [5, 5.41) is 3.05. The van der Waals surface area contributed by atoms with Gasteiger partial charge in [-0.05, 0) is 36.8 Å². The topological polar surface area (TPSA) is 81.2 Å². The van der Waals surface area contributed by atoms with Crippen LogP contribution in [-0.2, 0) is 11.2 Å². The van der Waals surface area contributed by atoms with Crippen LogP contribution in [0.1, 0.15) is 12.5 Å². The molecule has 106 valence electrons. The van der Waals surface area contributed by atoms with E-state index in [9.17, 15) is 4.79 Å². The number of oxazole rings is 1. The Hall–Kier alpha value is -2.82. The van der Waals surface area contributed by atoms with E-state index in [0.29, 0.717) is 23.7 Å². The molecule has 0 amide bonds. The van der Waals surface area contributed by atoms with Gasteiger partial charge in [-0.1, -0.05) is 18.2 Å². The van der Waals surface area contributed by atoms with E-state index in [0.717, 1.165) is 16.8 Å². The second-order valence-electron chi connectivity index (χ2n) is 4.91. The molecule has 0 radical (unpaired) electrons. The van der Waals surface area contributed by atoms with Crippen LogP contribution in [0.3, 0.4) is 0 Å². The van der Waals surface area contributed by atoms with Gasteiger partial charge in [0.1, 0.15) is 11.3 Å². The van der Waals surface area contributed by atoms with Crippen LogP contribution in [0.25, 0.3) is 11.1 Å². The van der Waals surface area contributed by atoms with Crippen molar-refractivity contribution in [3.05, 3.63) is 48.0 Å². The van der Waals surface area contributed by atoms with Gasteiger partial charge in [0.15, 0.2) is 5.58 Å². The van der Waals surface area contributed by atoms with Crippen molar-refractivity contribution in [2.24, 2.45) is 0 Å². The molecule has 0 saturated heterocycles. The molecule has 0 aliphatic heterocycles. The van der Waals surface area contributed by atoms with E-state index >= 15 is 0 Å². The number of hydrogen-bond donors (Lipinski definition) is 2. The number of nitrogens with zero attached hydrogens (tertiary/aromatic N) is 1. The number of nitrogens with one attached hydrogen (secondary N) is 1. The maximum absolute atomic E-state index is 11.2. The number of aromatic nitrogens is 1. The van der Waals surface area contributed by atoms with Crippen molar-refractivity contribution in [3.8, 4) is 0 Å². The molecule has 0 fully saturated rings. The predicted molar refractivity (Wildman–Crippen MR) is 82.5 cm³/mol. The average Bonchev–Trinajstić information content (AvgIpc) is 2.82. The van der Waals surface area contributed by atoms with Crippen LogP contribution in [0.15, 0.2) is 46.9 Å². The number of anilines is 3. The van der Waals surface area contributed by atoms with Gasteiger partial charge >= 0.3 is 0 Å². The molecule has 0 saturated carbocycles. The first-order valence-corrected chi connectivity index (χ1v) is 6.62. The van der Waals surface area contributed by atoms with Crippen LogP contribution in [0.4, 0.5) is 17.4 Å². The van der Waals surface area contributed by atoms with E-state index in [1.165, 1.54) is 0 Å². The molecule has 1 heterocycles. The van der Waals surface area contributed by atoms with E-state index in [4.69, 9.17) is 10.2 Å². The summed E-state index contributed by atoms with van der Waals surface area (Å²) >= 11 is 0. The Morgan fingerprint density at radius 2 is 2.10 bits per heavy atom. The molecule has 0 aliphatic carbocycles. The van der Waals surface area contributed by atoms with Crippen molar-refractivity contribution in [2.75, 3.05) is 11.1 Å². The second kappa shape index (κ2) is 5.28. The first-order chi connectivity index (χ1) is 10.1. The van der Waals surface area contributed by atoms with Gasteiger partial charge in [0.05, 0.1) is 11.4 Å². The highest BCUT2D eigenvalue weighted by molar-refractivity contribution is 5.81. The van der Waals surface area contributed by atoms with Gasteiger partial charge in [-0.3, -0.25) is 4.79 Å². The smallest absolute Gasteiger partial charge is 0.300 e. The van der Waals surface area contributed by atoms with Crippen LogP contribution in [-0.4, -0.2) is 10.8 Å². The first-order valence-electron chi connectivity index (χ1n) is 6.62. The summed E-state index contributed by atoms with van der Waals surface area (Å²) in [5.74, 6) is 0.115. The number of nitrogen functional groups attached to an aromatic ring is 1. The fraction of sp³-hybridized carbons (Fsp3) is 0.125. The molecule has 3 N–H and O–H groups in total. The summed E-state index contributed by atoms with van der Waals surface area (Å²) in [6, 6.07) is 13.3. The SMILES string of the molecule is CC(=O)Cc1ccc2nc(Nc3ccccc3N)oc2c1. The minimum atomic E-state index is 0.115. The minimum Gasteiger partial charge on any atom is -0.423 e. The lowest BCUT2D eigenvalue weighted by Crippen LogP contribution is -1.95. The van der Waals surface area contributed by atoms with Gasteiger partial charge in [-0.2, -0.15) is 4.98 Å². The zero-order chi connectivity index (χ0) is 14.8. The quantitative estimate of drug-likeness (QED) is 0.717. The molecular weight excluding hydrogens is 266 g/mol. The molecule has 5 heteroatoms. The van der Waals surface area contributed by atoms with E-state index in [1.807, 2.05) is 36.4 Å². The number of ketones is 1. The van der Waals surface area contributed by atoms with Crippen LogP contribution in [0, 0.1) is 0 Å². The summed E-state index contributed by atoms with van der Waals surface area (Å²) in [6.45, 7) is 1.57. The normalized spacial score (nSPS) is 10.7. The highest BCUT2D eigenvalue weighted by Crippen LogP contribution is 2.25. The third-order valence-electron chi connectivity index (χ3n) is 3.11. The third-order valence-corrected chi connectivity index (χ3v) is 3.11. The molecule has 1 aromatic heterocycles. The molecule has 0 aliphatic rings. The molecule has 2 aromatic carbocycles. The Bertz CT molecular complexity index is 808. The molecule has 0 unspecified atom stereocenters. The fourth-order valence-corrected chi connectivity index (χ4v) is 2.15. The number of benzene rings is 2. The number of rotatable bonds is 4. The molecule has 3 aromatic rings. The maximum Gasteiger partial charge on any atom is 0.300 e. The first kappa shape index (κ1) is 13.2. The molecule has 0 spiro atoms. The molecule has 0 bridgehead atoms. The van der Waals surface area contributed by atoms with Crippen LogP contribution < -0.4 is 11.1 Å². The molecular formula is C16H15N3O2. The summed E-state index contributed by atoms with van der Waals surface area (Å²) in [7, 11) is 0.